The van der Waals surface area contributed by atoms with Crippen LogP contribution in [-0.2, 0) is 4.79 Å². The number of carbonyl (C=O) groups excluding carboxylic acids is 2. The quantitative estimate of drug-likeness (QED) is 0.440. The first kappa shape index (κ1) is 23.3. The number of nitrogens with one attached hydrogen (secondary N) is 3. The maximum atomic E-state index is 13.0. The zero-order chi connectivity index (χ0) is 24.1. The van der Waals surface area contributed by atoms with Gasteiger partial charge in [-0.1, -0.05) is 43.7 Å². The van der Waals surface area contributed by atoms with Crippen LogP contribution in [0.25, 0.3) is 10.6 Å². The van der Waals surface area contributed by atoms with Crippen LogP contribution in [0.5, 0.6) is 17.2 Å². The van der Waals surface area contributed by atoms with E-state index in [1.165, 1.54) is 18.4 Å². The molecule has 0 saturated heterocycles. The highest BCUT2D eigenvalue weighted by atomic mass is 32.1. The fourth-order valence-corrected chi connectivity index (χ4v) is 4.10. The van der Waals surface area contributed by atoms with Crippen molar-refractivity contribution in [3.63, 3.8) is 0 Å². The summed E-state index contributed by atoms with van der Waals surface area (Å²) in [5, 5.41) is 17.5. The molecule has 10 nitrogen and oxygen atoms in total. The number of ether oxygens (including phenoxy) is 3. The van der Waals surface area contributed by atoms with Crippen LogP contribution < -0.4 is 30.2 Å². The van der Waals surface area contributed by atoms with Crippen molar-refractivity contribution in [2.24, 2.45) is 5.92 Å². The molecule has 2 atom stereocenters. The summed E-state index contributed by atoms with van der Waals surface area (Å²) in [7, 11) is 1.52. The Balaban J connectivity index is 1.43. The number of fused-ring (bicyclic) bond motifs is 1. The van der Waals surface area contributed by atoms with Gasteiger partial charge in [0.25, 0.3) is 0 Å². The molecule has 4 rings (SSSR count). The Morgan fingerprint density at radius 3 is 2.71 bits per heavy atom. The second-order valence-corrected chi connectivity index (χ2v) is 8.61. The molecule has 34 heavy (non-hydrogen) atoms. The topological polar surface area (TPSA) is 124 Å². The van der Waals surface area contributed by atoms with Crippen molar-refractivity contribution in [3.8, 4) is 27.8 Å². The summed E-state index contributed by atoms with van der Waals surface area (Å²) in [5.41, 5.74) is 1.30. The molecular weight excluding hydrogens is 458 g/mol. The molecule has 0 aliphatic carbocycles. The second kappa shape index (κ2) is 10.4. The Bertz CT molecular complexity index is 1180. The summed E-state index contributed by atoms with van der Waals surface area (Å²) >= 11 is 1.23. The average molecular weight is 484 g/mol. The molecule has 1 aliphatic heterocycles. The zero-order valence-electron chi connectivity index (χ0n) is 19.0. The van der Waals surface area contributed by atoms with E-state index in [-0.39, 0.29) is 18.6 Å². The minimum atomic E-state index is -0.780. The van der Waals surface area contributed by atoms with Gasteiger partial charge in [0.05, 0.1) is 12.8 Å². The third-order valence-corrected chi connectivity index (χ3v) is 6.30. The number of carbonyl (C=O) groups is 2. The Morgan fingerprint density at radius 1 is 1.12 bits per heavy atom. The first-order valence-corrected chi connectivity index (χ1v) is 11.5. The molecule has 0 saturated carbocycles. The second-order valence-electron chi connectivity index (χ2n) is 7.63. The fourth-order valence-electron chi connectivity index (χ4n) is 3.35. The summed E-state index contributed by atoms with van der Waals surface area (Å²) < 4.78 is 16.0. The highest BCUT2D eigenvalue weighted by Gasteiger charge is 2.27. The summed E-state index contributed by atoms with van der Waals surface area (Å²) in [6.45, 7) is 4.03. The standard InChI is InChI=1S/C23H25N5O5S/c1-4-13(2)19(25-22(30)24-15-7-5-6-8-16(15)31-3)20(29)26-23-28-27-21(34-23)14-9-10-17-18(11-14)33-12-32-17/h5-11,13,19H,4,12H2,1-3H3,(H2,24,25,30)(H,26,28,29). The van der Waals surface area contributed by atoms with E-state index < -0.39 is 12.1 Å². The summed E-state index contributed by atoms with van der Waals surface area (Å²) in [5.74, 6) is 1.34. The number of methoxy groups -OCH3 is 1. The van der Waals surface area contributed by atoms with Crippen molar-refractivity contribution >= 4 is 34.1 Å². The van der Waals surface area contributed by atoms with E-state index in [1.807, 2.05) is 26.0 Å². The number of hydrogen-bond donors (Lipinski definition) is 3. The number of benzene rings is 2. The van der Waals surface area contributed by atoms with Crippen LogP contribution in [-0.4, -0.2) is 42.1 Å². The molecule has 2 unspecified atom stereocenters. The highest BCUT2D eigenvalue weighted by Crippen LogP contribution is 2.37. The summed E-state index contributed by atoms with van der Waals surface area (Å²) in [6, 6.07) is 11.2. The average Bonchev–Trinajstić information content (AvgIpc) is 3.51. The van der Waals surface area contributed by atoms with Gasteiger partial charge in [0.1, 0.15) is 16.8 Å². The SMILES string of the molecule is CCC(C)C(NC(=O)Nc1ccccc1OC)C(=O)Nc1nnc(-c2ccc3c(c2)OCO3)s1. The van der Waals surface area contributed by atoms with Gasteiger partial charge in [-0.15, -0.1) is 10.2 Å². The van der Waals surface area contributed by atoms with Crippen molar-refractivity contribution in [3.05, 3.63) is 42.5 Å². The van der Waals surface area contributed by atoms with Crippen LogP contribution >= 0.6 is 11.3 Å². The number of para-hydroxylation sites is 2. The normalized spacial score (nSPS) is 13.6. The minimum absolute atomic E-state index is 0.121. The number of anilines is 2. The molecule has 3 N–H and O–H groups in total. The molecule has 3 amide bonds. The Hall–Kier alpha value is -3.86. The lowest BCUT2D eigenvalue weighted by molar-refractivity contribution is -0.119. The zero-order valence-corrected chi connectivity index (χ0v) is 19.8. The number of urea groups is 1. The van der Waals surface area contributed by atoms with Gasteiger partial charge in [-0.3, -0.25) is 10.1 Å². The van der Waals surface area contributed by atoms with Gasteiger partial charge in [-0.25, -0.2) is 4.79 Å². The molecule has 0 bridgehead atoms. The summed E-state index contributed by atoms with van der Waals surface area (Å²) in [4.78, 5) is 25.7. The van der Waals surface area contributed by atoms with Gasteiger partial charge >= 0.3 is 6.03 Å². The van der Waals surface area contributed by atoms with E-state index in [0.717, 1.165) is 5.56 Å². The van der Waals surface area contributed by atoms with Crippen LogP contribution in [0.1, 0.15) is 20.3 Å². The largest absolute Gasteiger partial charge is 0.495 e. The molecule has 1 aromatic heterocycles. The number of hydrogen-bond acceptors (Lipinski definition) is 8. The molecule has 2 heterocycles. The number of amides is 3. The lowest BCUT2D eigenvalue weighted by atomic mass is 9.98. The molecule has 178 valence electrons. The van der Waals surface area contributed by atoms with Crippen molar-refractivity contribution in [2.45, 2.75) is 26.3 Å². The van der Waals surface area contributed by atoms with E-state index >= 15 is 0 Å². The first-order valence-electron chi connectivity index (χ1n) is 10.7. The maximum Gasteiger partial charge on any atom is 0.320 e. The predicted octanol–water partition coefficient (Wildman–Crippen LogP) is 4.12. The van der Waals surface area contributed by atoms with Gasteiger partial charge in [-0.2, -0.15) is 0 Å². The van der Waals surface area contributed by atoms with Crippen molar-refractivity contribution in [2.75, 3.05) is 24.5 Å². The highest BCUT2D eigenvalue weighted by molar-refractivity contribution is 7.18. The van der Waals surface area contributed by atoms with Gasteiger partial charge in [0.2, 0.25) is 17.8 Å². The van der Waals surface area contributed by atoms with E-state index in [4.69, 9.17) is 14.2 Å². The third-order valence-electron chi connectivity index (χ3n) is 5.41. The van der Waals surface area contributed by atoms with E-state index in [9.17, 15) is 9.59 Å². The van der Waals surface area contributed by atoms with Crippen LogP contribution in [0.2, 0.25) is 0 Å². The fraction of sp³-hybridized carbons (Fsp3) is 0.304. The Morgan fingerprint density at radius 2 is 1.91 bits per heavy atom. The van der Waals surface area contributed by atoms with Crippen molar-refractivity contribution < 1.29 is 23.8 Å². The van der Waals surface area contributed by atoms with Crippen molar-refractivity contribution in [1.29, 1.82) is 0 Å². The first-order chi connectivity index (χ1) is 16.5. The molecule has 0 radical (unpaired) electrons. The monoisotopic (exact) mass is 483 g/mol. The van der Waals surface area contributed by atoms with Crippen LogP contribution in [0, 0.1) is 5.92 Å². The molecule has 1 aliphatic rings. The Kier molecular flexibility index (Phi) is 7.12. The molecule has 11 heteroatoms. The molecule has 0 fully saturated rings. The minimum Gasteiger partial charge on any atom is -0.495 e. The van der Waals surface area contributed by atoms with Crippen LogP contribution in [0.3, 0.4) is 0 Å². The number of aromatic nitrogens is 2. The number of nitrogens with zero attached hydrogens (tertiary/aromatic N) is 2. The predicted molar refractivity (Wildman–Crippen MR) is 128 cm³/mol. The molecular formula is C23H25N5O5S. The van der Waals surface area contributed by atoms with Crippen LogP contribution in [0.15, 0.2) is 42.5 Å². The van der Waals surface area contributed by atoms with Crippen molar-refractivity contribution in [1.82, 2.24) is 15.5 Å². The van der Waals surface area contributed by atoms with Gasteiger partial charge in [-0.05, 0) is 36.2 Å². The lowest BCUT2D eigenvalue weighted by Crippen LogP contribution is -2.49. The van der Waals surface area contributed by atoms with Gasteiger partial charge in [0.15, 0.2) is 11.5 Å². The lowest BCUT2D eigenvalue weighted by Gasteiger charge is -2.23. The van der Waals surface area contributed by atoms with Gasteiger partial charge in [0, 0.05) is 5.56 Å². The van der Waals surface area contributed by atoms with Gasteiger partial charge < -0.3 is 24.8 Å². The third kappa shape index (κ3) is 5.20. The van der Waals surface area contributed by atoms with E-state index in [1.54, 1.807) is 30.3 Å². The molecule has 2 aromatic carbocycles. The number of rotatable bonds is 8. The molecule has 3 aromatic rings. The van der Waals surface area contributed by atoms with E-state index in [0.29, 0.717) is 39.5 Å². The smallest absolute Gasteiger partial charge is 0.320 e. The Labute approximate surface area is 200 Å². The van der Waals surface area contributed by atoms with E-state index in [2.05, 4.69) is 26.1 Å². The molecule has 0 spiro atoms. The maximum absolute atomic E-state index is 13.0. The van der Waals surface area contributed by atoms with Crippen LogP contribution in [0.4, 0.5) is 15.6 Å². The summed E-state index contributed by atoms with van der Waals surface area (Å²) in [6.07, 6.45) is 0.686.